The van der Waals surface area contributed by atoms with E-state index in [0.29, 0.717) is 42.2 Å². The molecule has 0 spiro atoms. The number of hydrogen-bond acceptors (Lipinski definition) is 9. The molecule has 12 nitrogen and oxygen atoms in total. The van der Waals surface area contributed by atoms with Crippen molar-refractivity contribution >= 4 is 23.5 Å². The number of hydrogen-bond donors (Lipinski definition) is 2. The van der Waals surface area contributed by atoms with Gasteiger partial charge in [0.15, 0.2) is 17.3 Å². The van der Waals surface area contributed by atoms with Crippen molar-refractivity contribution in [3.05, 3.63) is 59.3 Å². The molecule has 12 heteroatoms. The van der Waals surface area contributed by atoms with Crippen LogP contribution in [0.25, 0.3) is 5.82 Å². The van der Waals surface area contributed by atoms with E-state index in [0.717, 1.165) is 29.8 Å². The van der Waals surface area contributed by atoms with Gasteiger partial charge in [0.1, 0.15) is 5.82 Å². The molecule has 4 aromatic heterocycles. The molecule has 2 aliphatic rings. The van der Waals surface area contributed by atoms with Gasteiger partial charge in [0.05, 0.1) is 18.3 Å². The number of nitrogens with zero attached hydrogens (tertiary/aromatic N) is 9. The minimum Gasteiger partial charge on any atom is -0.337 e. The highest BCUT2D eigenvalue weighted by molar-refractivity contribution is 5.93. The van der Waals surface area contributed by atoms with E-state index in [1.807, 2.05) is 44.0 Å². The monoisotopic (exact) mass is 485 g/mol. The minimum atomic E-state index is -0.0840. The zero-order valence-corrected chi connectivity index (χ0v) is 20.4. The van der Waals surface area contributed by atoms with Crippen LogP contribution >= 0.6 is 0 Å². The summed E-state index contributed by atoms with van der Waals surface area (Å²) in [7, 11) is 0. The second-order valence-electron chi connectivity index (χ2n) is 9.50. The van der Waals surface area contributed by atoms with Crippen molar-refractivity contribution in [3.63, 3.8) is 0 Å². The average Bonchev–Trinajstić information content (AvgIpc) is 3.55. The Morgan fingerprint density at radius 3 is 2.47 bits per heavy atom. The lowest BCUT2D eigenvalue weighted by atomic mass is 10.1. The SMILES string of the molecule is Cc1cnn(-c2ccc(C(=O)N3C4CCC3CN(c3nc(C)cc(Nc5cc(C)[nH]n5)n3)C4)nn2)c1. The maximum Gasteiger partial charge on any atom is 0.274 e. The number of amides is 1. The molecule has 2 N–H and O–H groups in total. The van der Waals surface area contributed by atoms with Gasteiger partial charge in [0, 0.05) is 42.8 Å². The molecule has 2 unspecified atom stereocenters. The normalized spacial score (nSPS) is 19.1. The van der Waals surface area contributed by atoms with Gasteiger partial charge in [0.2, 0.25) is 5.95 Å². The van der Waals surface area contributed by atoms with Crippen molar-refractivity contribution in [2.45, 2.75) is 45.7 Å². The number of carbonyl (C=O) groups excluding carboxylic acids is 1. The van der Waals surface area contributed by atoms with E-state index in [1.165, 1.54) is 0 Å². The summed E-state index contributed by atoms with van der Waals surface area (Å²) in [6, 6.07) is 7.47. The van der Waals surface area contributed by atoms with Crippen LogP contribution in [0, 0.1) is 20.8 Å². The van der Waals surface area contributed by atoms with E-state index in [9.17, 15) is 4.79 Å². The first-order valence-corrected chi connectivity index (χ1v) is 12.0. The molecule has 0 radical (unpaired) electrons. The number of carbonyl (C=O) groups is 1. The van der Waals surface area contributed by atoms with Crippen molar-refractivity contribution in [3.8, 4) is 5.82 Å². The molecule has 0 saturated carbocycles. The van der Waals surface area contributed by atoms with Crippen molar-refractivity contribution in [2.75, 3.05) is 23.3 Å². The first-order valence-electron chi connectivity index (χ1n) is 12.0. The van der Waals surface area contributed by atoms with Crippen LogP contribution < -0.4 is 10.2 Å². The number of anilines is 3. The molecule has 2 bridgehead atoms. The van der Waals surface area contributed by atoms with Crippen LogP contribution in [-0.2, 0) is 0 Å². The number of aryl methyl sites for hydroxylation is 3. The Balaban J connectivity index is 1.18. The van der Waals surface area contributed by atoms with E-state index in [4.69, 9.17) is 4.98 Å². The van der Waals surface area contributed by atoms with E-state index in [-0.39, 0.29) is 18.0 Å². The van der Waals surface area contributed by atoms with E-state index < -0.39 is 0 Å². The Morgan fingerprint density at radius 1 is 1.03 bits per heavy atom. The number of H-pyrrole nitrogens is 1. The molecular weight excluding hydrogens is 458 g/mol. The average molecular weight is 486 g/mol. The summed E-state index contributed by atoms with van der Waals surface area (Å²) in [5.74, 6) is 2.56. The Bertz CT molecular complexity index is 1400. The van der Waals surface area contributed by atoms with Gasteiger partial charge in [0.25, 0.3) is 5.91 Å². The van der Waals surface area contributed by atoms with Crippen LogP contribution in [0.2, 0.25) is 0 Å². The second kappa shape index (κ2) is 8.70. The quantitative estimate of drug-likeness (QED) is 0.437. The lowest BCUT2D eigenvalue weighted by Crippen LogP contribution is -2.56. The van der Waals surface area contributed by atoms with Crippen LogP contribution in [0.15, 0.2) is 36.7 Å². The van der Waals surface area contributed by atoms with E-state index in [2.05, 4.69) is 40.7 Å². The second-order valence-corrected chi connectivity index (χ2v) is 9.50. The lowest BCUT2D eigenvalue weighted by Gasteiger charge is -2.41. The van der Waals surface area contributed by atoms with E-state index >= 15 is 0 Å². The minimum absolute atomic E-state index is 0.0704. The fourth-order valence-corrected chi connectivity index (χ4v) is 5.00. The van der Waals surface area contributed by atoms with Gasteiger partial charge in [-0.1, -0.05) is 0 Å². The van der Waals surface area contributed by atoms with Crippen LogP contribution in [0.1, 0.15) is 40.3 Å². The molecule has 2 atom stereocenters. The highest BCUT2D eigenvalue weighted by atomic mass is 16.2. The van der Waals surface area contributed by atoms with Crippen LogP contribution in [-0.4, -0.2) is 76.1 Å². The smallest absolute Gasteiger partial charge is 0.274 e. The highest BCUT2D eigenvalue weighted by Gasteiger charge is 2.44. The van der Waals surface area contributed by atoms with Crippen molar-refractivity contribution < 1.29 is 4.79 Å². The van der Waals surface area contributed by atoms with Crippen molar-refractivity contribution in [1.82, 2.24) is 45.0 Å². The molecule has 2 aliphatic heterocycles. The van der Waals surface area contributed by atoms with Gasteiger partial charge < -0.3 is 15.1 Å². The molecule has 2 saturated heterocycles. The van der Waals surface area contributed by atoms with Crippen LogP contribution in [0.5, 0.6) is 0 Å². The predicted octanol–water partition coefficient (Wildman–Crippen LogP) is 2.34. The zero-order valence-electron chi connectivity index (χ0n) is 20.4. The van der Waals surface area contributed by atoms with Crippen molar-refractivity contribution in [2.24, 2.45) is 0 Å². The molecule has 0 aliphatic carbocycles. The third-order valence-electron chi connectivity index (χ3n) is 6.62. The topological polar surface area (TPSA) is 134 Å². The molecule has 6 rings (SSSR count). The van der Waals surface area contributed by atoms with Crippen LogP contribution in [0.3, 0.4) is 0 Å². The summed E-state index contributed by atoms with van der Waals surface area (Å²) in [4.78, 5) is 27.0. The Hall–Kier alpha value is -4.35. The molecule has 2 fully saturated rings. The number of fused-ring (bicyclic) bond motifs is 2. The fraction of sp³-hybridized carbons (Fsp3) is 0.375. The maximum atomic E-state index is 13.4. The number of piperazine rings is 1. The first-order chi connectivity index (χ1) is 17.4. The van der Waals surface area contributed by atoms with Crippen LogP contribution in [0.4, 0.5) is 17.6 Å². The summed E-state index contributed by atoms with van der Waals surface area (Å²) < 4.78 is 1.65. The number of nitrogens with one attached hydrogen (secondary N) is 2. The van der Waals surface area contributed by atoms with Gasteiger partial charge in [-0.3, -0.25) is 9.89 Å². The summed E-state index contributed by atoms with van der Waals surface area (Å²) >= 11 is 0. The number of rotatable bonds is 5. The molecule has 184 valence electrons. The Morgan fingerprint density at radius 2 is 1.83 bits per heavy atom. The third-order valence-corrected chi connectivity index (χ3v) is 6.62. The Labute approximate surface area is 207 Å². The summed E-state index contributed by atoms with van der Waals surface area (Å²) in [5.41, 5.74) is 3.21. The van der Waals surface area contributed by atoms with Gasteiger partial charge in [-0.15, -0.1) is 10.2 Å². The predicted molar refractivity (Wildman–Crippen MR) is 132 cm³/mol. The summed E-state index contributed by atoms with van der Waals surface area (Å²) in [5, 5.41) is 23.1. The molecule has 4 aromatic rings. The van der Waals surface area contributed by atoms with Gasteiger partial charge in [-0.2, -0.15) is 15.2 Å². The standard InChI is InChI=1S/C24H27N11O/c1-14-10-25-34(11-14)22-7-6-19(30-32-22)23(36)35-17-4-5-18(35)13-33(12-17)24-26-15(2)8-20(28-24)27-21-9-16(3)29-31-21/h6-11,17-18H,4-5,12-13H2,1-3H3,(H2,26,27,28,29,31). The van der Waals surface area contributed by atoms with Gasteiger partial charge >= 0.3 is 0 Å². The molecule has 36 heavy (non-hydrogen) atoms. The Kier molecular flexibility index (Phi) is 5.35. The lowest BCUT2D eigenvalue weighted by molar-refractivity contribution is 0.0633. The fourth-order valence-electron chi connectivity index (χ4n) is 5.00. The summed E-state index contributed by atoms with van der Waals surface area (Å²) in [6.45, 7) is 7.21. The molecule has 6 heterocycles. The third kappa shape index (κ3) is 4.14. The van der Waals surface area contributed by atoms with Gasteiger partial charge in [-0.25, -0.2) is 9.67 Å². The molecule has 0 aromatic carbocycles. The van der Waals surface area contributed by atoms with E-state index in [1.54, 1.807) is 23.0 Å². The zero-order chi connectivity index (χ0) is 24.8. The largest absolute Gasteiger partial charge is 0.337 e. The summed E-state index contributed by atoms with van der Waals surface area (Å²) in [6.07, 6.45) is 5.50. The molecular formula is C24H27N11O. The maximum absolute atomic E-state index is 13.4. The number of aromatic amines is 1. The highest BCUT2D eigenvalue weighted by Crippen LogP contribution is 2.33. The first kappa shape index (κ1) is 22.1. The van der Waals surface area contributed by atoms with Gasteiger partial charge in [-0.05, 0) is 51.3 Å². The molecule has 1 amide bonds. The number of aromatic nitrogens is 8. The van der Waals surface area contributed by atoms with Crippen molar-refractivity contribution in [1.29, 1.82) is 0 Å².